The summed E-state index contributed by atoms with van der Waals surface area (Å²) in [6.45, 7) is 0. The van der Waals surface area contributed by atoms with Gasteiger partial charge in [-0.05, 0) is 35.4 Å². The Balaban J connectivity index is 2.23. The first kappa shape index (κ1) is 12.4. The summed E-state index contributed by atoms with van der Waals surface area (Å²) in [7, 11) is 1.56. The Bertz CT molecular complexity index is 776. The molecule has 0 aliphatic rings. The van der Waals surface area contributed by atoms with Crippen LogP contribution in [0.4, 0.5) is 0 Å². The van der Waals surface area contributed by atoms with Gasteiger partial charge in [-0.25, -0.2) is 0 Å². The van der Waals surface area contributed by atoms with Crippen LogP contribution in [0.15, 0.2) is 54.7 Å². The Morgan fingerprint density at radius 2 is 2.00 bits per heavy atom. The molecule has 0 N–H and O–H groups in total. The van der Waals surface area contributed by atoms with Crippen LogP contribution < -0.4 is 4.74 Å². The van der Waals surface area contributed by atoms with E-state index in [9.17, 15) is 4.79 Å². The van der Waals surface area contributed by atoms with Crippen LogP contribution in [0.5, 0.6) is 5.75 Å². The summed E-state index contributed by atoms with van der Waals surface area (Å²) in [5, 5.41) is 1.07. The lowest BCUT2D eigenvalue weighted by Crippen LogP contribution is -1.91. The Morgan fingerprint density at radius 3 is 2.80 bits per heavy atom. The number of benzene rings is 2. The van der Waals surface area contributed by atoms with Crippen LogP contribution in [-0.4, -0.2) is 18.4 Å². The number of carbonyl (C=O) groups is 1. The molecule has 3 rings (SSSR count). The van der Waals surface area contributed by atoms with Crippen molar-refractivity contribution in [1.82, 2.24) is 4.98 Å². The summed E-state index contributed by atoms with van der Waals surface area (Å²) in [5.74, 6) is 0.585. The van der Waals surface area contributed by atoms with Crippen molar-refractivity contribution in [1.29, 1.82) is 0 Å². The first-order valence-corrected chi connectivity index (χ1v) is 6.31. The van der Waals surface area contributed by atoms with Crippen LogP contribution in [-0.2, 0) is 0 Å². The summed E-state index contributed by atoms with van der Waals surface area (Å²) in [6, 6.07) is 15.5. The van der Waals surface area contributed by atoms with Gasteiger partial charge in [-0.15, -0.1) is 0 Å². The molecule has 3 nitrogen and oxygen atoms in total. The Labute approximate surface area is 116 Å². The van der Waals surface area contributed by atoms with E-state index in [1.165, 1.54) is 0 Å². The average Bonchev–Trinajstić information content (AvgIpc) is 2.53. The fraction of sp³-hybridized carbons (Fsp3) is 0.0588. The van der Waals surface area contributed by atoms with Crippen molar-refractivity contribution < 1.29 is 9.53 Å². The minimum absolute atomic E-state index is 0.547. The number of nitrogens with zero attached hydrogens (tertiary/aromatic N) is 1. The highest BCUT2D eigenvalue weighted by Gasteiger charge is 2.08. The maximum Gasteiger partial charge on any atom is 0.153 e. The van der Waals surface area contributed by atoms with E-state index in [-0.39, 0.29) is 0 Å². The number of fused-ring (bicyclic) bond motifs is 1. The molecule has 0 unspecified atom stereocenters. The number of hydrogen-bond acceptors (Lipinski definition) is 3. The van der Waals surface area contributed by atoms with Crippen molar-refractivity contribution in [3.05, 3.63) is 60.3 Å². The Morgan fingerprint density at radius 1 is 1.10 bits per heavy atom. The van der Waals surface area contributed by atoms with Crippen molar-refractivity contribution in [2.24, 2.45) is 0 Å². The molecule has 0 aliphatic carbocycles. The molecule has 0 bridgehead atoms. The number of methoxy groups -OCH3 is 1. The maximum atomic E-state index is 11.1. The number of rotatable bonds is 3. The minimum Gasteiger partial charge on any atom is -0.496 e. The molecule has 0 amide bonds. The van der Waals surface area contributed by atoms with Crippen LogP contribution in [0.25, 0.3) is 22.0 Å². The SMILES string of the molecule is COc1ccc(-c2cccc3ncccc23)cc1C=O. The van der Waals surface area contributed by atoms with E-state index >= 15 is 0 Å². The van der Waals surface area contributed by atoms with E-state index in [0.717, 1.165) is 28.3 Å². The minimum atomic E-state index is 0.547. The summed E-state index contributed by atoms with van der Waals surface area (Å²) >= 11 is 0. The summed E-state index contributed by atoms with van der Waals surface area (Å²) in [6.07, 6.45) is 2.59. The highest BCUT2D eigenvalue weighted by Crippen LogP contribution is 2.30. The highest BCUT2D eigenvalue weighted by molar-refractivity contribution is 5.95. The van der Waals surface area contributed by atoms with Crippen molar-refractivity contribution >= 4 is 17.2 Å². The van der Waals surface area contributed by atoms with Gasteiger partial charge in [0, 0.05) is 11.6 Å². The largest absolute Gasteiger partial charge is 0.496 e. The van der Waals surface area contributed by atoms with Gasteiger partial charge in [-0.2, -0.15) is 0 Å². The second-order valence-corrected chi connectivity index (χ2v) is 4.45. The molecule has 3 aromatic rings. The first-order chi connectivity index (χ1) is 9.83. The van der Waals surface area contributed by atoms with Crippen molar-refractivity contribution in [2.45, 2.75) is 0 Å². The van der Waals surface area contributed by atoms with Crippen LogP contribution >= 0.6 is 0 Å². The van der Waals surface area contributed by atoms with Crippen LogP contribution in [0.1, 0.15) is 10.4 Å². The summed E-state index contributed by atoms with van der Waals surface area (Å²) in [4.78, 5) is 15.5. The number of aldehydes is 1. The highest BCUT2D eigenvalue weighted by atomic mass is 16.5. The molecule has 3 heteroatoms. The van der Waals surface area contributed by atoms with E-state index < -0.39 is 0 Å². The van der Waals surface area contributed by atoms with Gasteiger partial charge in [0.05, 0.1) is 18.2 Å². The fourth-order valence-electron chi connectivity index (χ4n) is 2.35. The van der Waals surface area contributed by atoms with E-state index in [1.807, 2.05) is 48.5 Å². The van der Waals surface area contributed by atoms with Gasteiger partial charge in [0.1, 0.15) is 5.75 Å². The van der Waals surface area contributed by atoms with Crippen LogP contribution in [0.3, 0.4) is 0 Å². The Kier molecular flexibility index (Phi) is 3.17. The van der Waals surface area contributed by atoms with E-state index in [2.05, 4.69) is 4.98 Å². The molecule has 2 aromatic carbocycles. The number of hydrogen-bond donors (Lipinski definition) is 0. The predicted molar refractivity (Wildman–Crippen MR) is 79.1 cm³/mol. The molecular formula is C17H13NO2. The molecule has 0 radical (unpaired) electrons. The van der Waals surface area contributed by atoms with Crippen LogP contribution in [0.2, 0.25) is 0 Å². The molecule has 1 aromatic heterocycles. The normalized spacial score (nSPS) is 10.4. The zero-order valence-corrected chi connectivity index (χ0v) is 11.0. The lowest BCUT2D eigenvalue weighted by Gasteiger charge is -2.09. The molecule has 0 saturated heterocycles. The third-order valence-electron chi connectivity index (χ3n) is 3.31. The van der Waals surface area contributed by atoms with Gasteiger partial charge >= 0.3 is 0 Å². The summed E-state index contributed by atoms with van der Waals surface area (Å²) < 4.78 is 5.17. The summed E-state index contributed by atoms with van der Waals surface area (Å²) in [5.41, 5.74) is 3.52. The molecule has 0 aliphatic heterocycles. The second kappa shape index (κ2) is 5.13. The van der Waals surface area contributed by atoms with Gasteiger partial charge < -0.3 is 4.74 Å². The molecule has 0 spiro atoms. The number of aromatic nitrogens is 1. The van der Waals surface area contributed by atoms with Crippen molar-refractivity contribution in [2.75, 3.05) is 7.11 Å². The number of ether oxygens (including phenoxy) is 1. The number of pyridine rings is 1. The van der Waals surface area contributed by atoms with E-state index in [0.29, 0.717) is 11.3 Å². The van der Waals surface area contributed by atoms with Gasteiger partial charge in [0.25, 0.3) is 0 Å². The topological polar surface area (TPSA) is 39.2 Å². The molecule has 0 fully saturated rings. The quantitative estimate of drug-likeness (QED) is 0.676. The third-order valence-corrected chi connectivity index (χ3v) is 3.31. The molecular weight excluding hydrogens is 250 g/mol. The average molecular weight is 263 g/mol. The van der Waals surface area contributed by atoms with E-state index in [4.69, 9.17) is 4.74 Å². The molecule has 0 saturated carbocycles. The third kappa shape index (κ3) is 2.03. The fourth-order valence-corrected chi connectivity index (χ4v) is 2.35. The van der Waals surface area contributed by atoms with Crippen molar-refractivity contribution in [3.63, 3.8) is 0 Å². The monoisotopic (exact) mass is 263 g/mol. The van der Waals surface area contributed by atoms with Crippen molar-refractivity contribution in [3.8, 4) is 16.9 Å². The van der Waals surface area contributed by atoms with Gasteiger partial charge in [-0.1, -0.05) is 24.3 Å². The van der Waals surface area contributed by atoms with E-state index in [1.54, 1.807) is 13.3 Å². The molecule has 1 heterocycles. The maximum absolute atomic E-state index is 11.1. The zero-order chi connectivity index (χ0) is 13.9. The molecule has 98 valence electrons. The van der Waals surface area contributed by atoms with Crippen LogP contribution in [0, 0.1) is 0 Å². The predicted octanol–water partition coefficient (Wildman–Crippen LogP) is 3.72. The lowest BCUT2D eigenvalue weighted by molar-refractivity contribution is 0.112. The first-order valence-electron chi connectivity index (χ1n) is 6.31. The number of carbonyl (C=O) groups excluding carboxylic acids is 1. The zero-order valence-electron chi connectivity index (χ0n) is 11.0. The smallest absolute Gasteiger partial charge is 0.153 e. The second-order valence-electron chi connectivity index (χ2n) is 4.45. The van der Waals surface area contributed by atoms with Gasteiger partial charge in [-0.3, -0.25) is 9.78 Å². The molecule has 0 atom stereocenters. The van der Waals surface area contributed by atoms with Gasteiger partial charge in [0.2, 0.25) is 0 Å². The Hall–Kier alpha value is -2.68. The standard InChI is InChI=1S/C17H13NO2/c1-20-17-8-7-12(10-13(17)11-19)14-4-2-6-16-15(14)5-3-9-18-16/h2-11H,1H3. The van der Waals surface area contributed by atoms with Gasteiger partial charge in [0.15, 0.2) is 6.29 Å². The lowest BCUT2D eigenvalue weighted by atomic mass is 9.99. The molecule has 20 heavy (non-hydrogen) atoms.